The smallest absolute Gasteiger partial charge is 0.380 e. The maximum absolute atomic E-state index is 13.0. The fourth-order valence-corrected chi connectivity index (χ4v) is 1.79. The molecule has 2 atom stereocenters. The van der Waals surface area contributed by atoms with Crippen LogP contribution >= 0.6 is 0 Å². The Labute approximate surface area is 115 Å². The molecule has 0 saturated heterocycles. The quantitative estimate of drug-likeness (QED) is 0.792. The van der Waals surface area contributed by atoms with E-state index < -0.39 is 23.6 Å². The molecule has 0 aliphatic rings. The van der Waals surface area contributed by atoms with Gasteiger partial charge < -0.3 is 15.8 Å². The minimum atomic E-state index is -4.63. The fraction of sp³-hybridized carbons (Fsp3) is 0.538. The molecule has 3 N–H and O–H groups in total. The van der Waals surface area contributed by atoms with E-state index in [-0.39, 0.29) is 18.2 Å². The number of hydrogen-bond donors (Lipinski definition) is 2. The summed E-state index contributed by atoms with van der Waals surface area (Å²) in [7, 11) is 1.50. The lowest BCUT2D eigenvalue weighted by molar-refractivity contribution is -0.138. The zero-order valence-electron chi connectivity index (χ0n) is 11.3. The number of ether oxygens (including phenoxy) is 1. The molecular formula is C13H18F4N2O. The molecule has 0 bridgehead atoms. The van der Waals surface area contributed by atoms with Crippen molar-refractivity contribution in [2.45, 2.75) is 25.2 Å². The van der Waals surface area contributed by atoms with E-state index in [4.69, 9.17) is 10.5 Å². The molecule has 20 heavy (non-hydrogen) atoms. The van der Waals surface area contributed by atoms with Crippen LogP contribution in [0, 0.1) is 5.82 Å². The van der Waals surface area contributed by atoms with Crippen LogP contribution in [0.25, 0.3) is 0 Å². The number of rotatable bonds is 6. The van der Waals surface area contributed by atoms with Gasteiger partial charge in [0.2, 0.25) is 0 Å². The Morgan fingerprint density at radius 3 is 2.50 bits per heavy atom. The molecule has 114 valence electrons. The normalized spacial score (nSPS) is 15.2. The number of nitrogens with two attached hydrogens (primary N) is 1. The van der Waals surface area contributed by atoms with Crippen molar-refractivity contribution in [3.63, 3.8) is 0 Å². The van der Waals surface area contributed by atoms with Crippen LogP contribution in [0.3, 0.4) is 0 Å². The zero-order valence-corrected chi connectivity index (χ0v) is 11.3. The molecule has 0 fully saturated rings. The van der Waals surface area contributed by atoms with Gasteiger partial charge in [0.1, 0.15) is 5.82 Å². The number of hydrogen-bond acceptors (Lipinski definition) is 3. The first-order valence-electron chi connectivity index (χ1n) is 6.12. The highest BCUT2D eigenvalue weighted by atomic mass is 19.4. The first-order chi connectivity index (χ1) is 9.29. The average Bonchev–Trinajstić information content (AvgIpc) is 2.39. The van der Waals surface area contributed by atoms with Gasteiger partial charge >= 0.3 is 6.18 Å². The maximum atomic E-state index is 13.0. The molecule has 0 amide bonds. The molecule has 0 aliphatic heterocycles. The SMILES string of the molecule is COC(C)CNC(CN)c1ccc(F)cc1C(F)(F)F. The largest absolute Gasteiger partial charge is 0.416 e. The summed E-state index contributed by atoms with van der Waals surface area (Å²) in [4.78, 5) is 0. The third kappa shape index (κ3) is 4.43. The van der Waals surface area contributed by atoms with E-state index >= 15 is 0 Å². The van der Waals surface area contributed by atoms with E-state index in [1.165, 1.54) is 7.11 Å². The molecule has 0 saturated carbocycles. The van der Waals surface area contributed by atoms with Gasteiger partial charge in [-0.15, -0.1) is 0 Å². The number of methoxy groups -OCH3 is 1. The van der Waals surface area contributed by atoms with Crippen molar-refractivity contribution in [1.29, 1.82) is 0 Å². The third-order valence-corrected chi connectivity index (χ3v) is 2.99. The number of benzene rings is 1. The van der Waals surface area contributed by atoms with Crippen molar-refractivity contribution < 1.29 is 22.3 Å². The number of alkyl halides is 3. The second kappa shape index (κ2) is 7.01. The van der Waals surface area contributed by atoms with Gasteiger partial charge in [-0.3, -0.25) is 0 Å². The summed E-state index contributed by atoms with van der Waals surface area (Å²) in [5, 5.41) is 2.90. The lowest BCUT2D eigenvalue weighted by atomic mass is 9.99. The van der Waals surface area contributed by atoms with Gasteiger partial charge in [0.15, 0.2) is 0 Å². The summed E-state index contributed by atoms with van der Waals surface area (Å²) in [5.74, 6) is -0.929. The van der Waals surface area contributed by atoms with Crippen LogP contribution in [0.1, 0.15) is 24.1 Å². The van der Waals surface area contributed by atoms with Crippen molar-refractivity contribution in [3.05, 3.63) is 35.1 Å². The van der Waals surface area contributed by atoms with Gasteiger partial charge in [0.05, 0.1) is 11.7 Å². The van der Waals surface area contributed by atoms with Crippen LogP contribution in [0.4, 0.5) is 17.6 Å². The van der Waals surface area contributed by atoms with Crippen LogP contribution in [-0.4, -0.2) is 26.3 Å². The monoisotopic (exact) mass is 294 g/mol. The van der Waals surface area contributed by atoms with Crippen LogP contribution in [-0.2, 0) is 10.9 Å². The van der Waals surface area contributed by atoms with E-state index in [2.05, 4.69) is 5.32 Å². The number of halogens is 4. The molecule has 0 radical (unpaired) electrons. The molecule has 1 aromatic rings. The summed E-state index contributed by atoms with van der Waals surface area (Å²) in [6.45, 7) is 2.08. The Morgan fingerprint density at radius 1 is 1.35 bits per heavy atom. The van der Waals surface area contributed by atoms with Gasteiger partial charge in [-0.25, -0.2) is 4.39 Å². The average molecular weight is 294 g/mol. The maximum Gasteiger partial charge on any atom is 0.416 e. The second-order valence-electron chi connectivity index (χ2n) is 4.47. The van der Waals surface area contributed by atoms with Crippen molar-refractivity contribution in [3.8, 4) is 0 Å². The first kappa shape index (κ1) is 16.9. The van der Waals surface area contributed by atoms with Crippen molar-refractivity contribution in [2.75, 3.05) is 20.2 Å². The van der Waals surface area contributed by atoms with Crippen LogP contribution in [0.15, 0.2) is 18.2 Å². The Balaban J connectivity index is 3.03. The molecule has 1 aromatic carbocycles. The summed E-state index contributed by atoms with van der Waals surface area (Å²) >= 11 is 0. The summed E-state index contributed by atoms with van der Waals surface area (Å²) in [6, 6.07) is 1.87. The van der Waals surface area contributed by atoms with Crippen molar-refractivity contribution in [1.82, 2.24) is 5.32 Å². The lowest BCUT2D eigenvalue weighted by Gasteiger charge is -2.23. The second-order valence-corrected chi connectivity index (χ2v) is 4.47. The summed E-state index contributed by atoms with van der Waals surface area (Å²) in [5.41, 5.74) is 4.44. The van der Waals surface area contributed by atoms with E-state index in [0.717, 1.165) is 12.1 Å². The molecule has 1 rings (SSSR count). The number of nitrogens with one attached hydrogen (secondary N) is 1. The van der Waals surface area contributed by atoms with Crippen LogP contribution in [0.2, 0.25) is 0 Å². The highest BCUT2D eigenvalue weighted by Crippen LogP contribution is 2.34. The predicted octanol–water partition coefficient (Wildman–Crippen LogP) is 2.47. The summed E-state index contributed by atoms with van der Waals surface area (Å²) in [6.07, 6.45) is -4.79. The first-order valence-corrected chi connectivity index (χ1v) is 6.12. The molecule has 2 unspecified atom stereocenters. The van der Waals surface area contributed by atoms with E-state index in [9.17, 15) is 17.6 Å². The Morgan fingerprint density at radius 2 is 2.00 bits per heavy atom. The van der Waals surface area contributed by atoms with Gasteiger partial charge in [0, 0.05) is 26.2 Å². The van der Waals surface area contributed by atoms with E-state index in [1.807, 2.05) is 0 Å². The van der Waals surface area contributed by atoms with Crippen LogP contribution in [0.5, 0.6) is 0 Å². The van der Waals surface area contributed by atoms with Crippen LogP contribution < -0.4 is 11.1 Å². The lowest BCUT2D eigenvalue weighted by Crippen LogP contribution is -2.35. The minimum absolute atomic E-state index is 0.0366. The topological polar surface area (TPSA) is 47.3 Å². The minimum Gasteiger partial charge on any atom is -0.380 e. The molecule has 7 heteroatoms. The van der Waals surface area contributed by atoms with Gasteiger partial charge in [-0.1, -0.05) is 6.07 Å². The molecular weight excluding hydrogens is 276 g/mol. The molecule has 0 aliphatic carbocycles. The van der Waals surface area contributed by atoms with Gasteiger partial charge in [0.25, 0.3) is 0 Å². The standard InChI is InChI=1S/C13H18F4N2O/c1-8(20-2)7-19-12(6-18)10-4-3-9(14)5-11(10)13(15,16)17/h3-5,8,12,19H,6-7,18H2,1-2H3. The molecule has 0 aromatic heterocycles. The predicted molar refractivity (Wildman–Crippen MR) is 67.7 cm³/mol. The van der Waals surface area contributed by atoms with E-state index in [1.54, 1.807) is 6.92 Å². The molecule has 0 heterocycles. The van der Waals surface area contributed by atoms with Crippen molar-refractivity contribution in [2.24, 2.45) is 5.73 Å². The molecule has 0 spiro atoms. The zero-order chi connectivity index (χ0) is 15.3. The highest BCUT2D eigenvalue weighted by Gasteiger charge is 2.35. The Kier molecular flexibility index (Phi) is 5.91. The summed E-state index contributed by atoms with van der Waals surface area (Å²) < 4.78 is 56.8. The highest BCUT2D eigenvalue weighted by molar-refractivity contribution is 5.33. The van der Waals surface area contributed by atoms with E-state index in [0.29, 0.717) is 12.6 Å². The Hall–Kier alpha value is -1.18. The molecule has 3 nitrogen and oxygen atoms in total. The van der Waals surface area contributed by atoms with Crippen molar-refractivity contribution >= 4 is 0 Å². The third-order valence-electron chi connectivity index (χ3n) is 2.99. The Bertz CT molecular complexity index is 437. The van der Waals surface area contributed by atoms with Gasteiger partial charge in [-0.05, 0) is 24.6 Å². The fourth-order valence-electron chi connectivity index (χ4n) is 1.79. The van der Waals surface area contributed by atoms with Gasteiger partial charge in [-0.2, -0.15) is 13.2 Å².